The van der Waals surface area contributed by atoms with Gasteiger partial charge in [0.25, 0.3) is 15.9 Å². The molecule has 1 fully saturated rings. The van der Waals surface area contributed by atoms with Gasteiger partial charge in [0.1, 0.15) is 4.21 Å². The van der Waals surface area contributed by atoms with Gasteiger partial charge in [-0.25, -0.2) is 8.42 Å². The topological polar surface area (TPSA) is 66.5 Å². The summed E-state index contributed by atoms with van der Waals surface area (Å²) >= 11 is 1.04. The fraction of sp³-hybridized carbons (Fsp3) is 0.450. The van der Waals surface area contributed by atoms with Crippen LogP contribution < -0.4 is 5.32 Å². The molecule has 0 unspecified atom stereocenters. The maximum absolute atomic E-state index is 12.8. The zero-order chi connectivity index (χ0) is 19.4. The molecule has 27 heavy (non-hydrogen) atoms. The lowest BCUT2D eigenvalue weighted by Gasteiger charge is -2.28. The molecular weight excluding hydrogens is 380 g/mol. The summed E-state index contributed by atoms with van der Waals surface area (Å²) in [7, 11) is -3.50. The van der Waals surface area contributed by atoms with E-state index in [4.69, 9.17) is 0 Å². The first kappa shape index (κ1) is 20.0. The summed E-state index contributed by atoms with van der Waals surface area (Å²) in [6.07, 6.45) is 2.75. The number of aryl methyl sites for hydroxylation is 1. The summed E-state index contributed by atoms with van der Waals surface area (Å²) < 4.78 is 27.3. The molecule has 0 saturated carbocycles. The van der Waals surface area contributed by atoms with E-state index in [1.165, 1.54) is 9.87 Å². The fourth-order valence-corrected chi connectivity index (χ4v) is 5.94. The van der Waals surface area contributed by atoms with Gasteiger partial charge in [0, 0.05) is 19.6 Å². The molecule has 1 aromatic carbocycles. The number of nitrogens with one attached hydrogen (secondary N) is 1. The van der Waals surface area contributed by atoms with Gasteiger partial charge in [-0.1, -0.05) is 38.1 Å². The minimum absolute atomic E-state index is 0.242. The number of carbonyl (C=O) groups is 1. The van der Waals surface area contributed by atoms with Gasteiger partial charge in [0.05, 0.1) is 4.88 Å². The Morgan fingerprint density at radius 2 is 1.74 bits per heavy atom. The summed E-state index contributed by atoms with van der Waals surface area (Å²) in [5, 5.41) is 2.87. The van der Waals surface area contributed by atoms with Crippen molar-refractivity contribution in [3.8, 4) is 0 Å². The van der Waals surface area contributed by atoms with E-state index >= 15 is 0 Å². The molecule has 1 N–H and O–H groups in total. The largest absolute Gasteiger partial charge is 0.347 e. The molecule has 0 spiro atoms. The smallest absolute Gasteiger partial charge is 0.261 e. The molecule has 0 radical (unpaired) electrons. The summed E-state index contributed by atoms with van der Waals surface area (Å²) in [5.74, 6) is 0.320. The van der Waals surface area contributed by atoms with Crippen molar-refractivity contribution in [1.29, 1.82) is 0 Å². The highest BCUT2D eigenvalue weighted by atomic mass is 32.2. The Morgan fingerprint density at radius 3 is 2.37 bits per heavy atom. The van der Waals surface area contributed by atoms with Crippen molar-refractivity contribution in [2.24, 2.45) is 5.92 Å². The Morgan fingerprint density at radius 1 is 1.11 bits per heavy atom. The quantitative estimate of drug-likeness (QED) is 0.796. The molecule has 5 nitrogen and oxygen atoms in total. The van der Waals surface area contributed by atoms with Gasteiger partial charge in [-0.05, 0) is 48.4 Å². The lowest BCUT2D eigenvalue weighted by atomic mass is 10.0. The molecule has 2 aromatic rings. The Bertz CT molecular complexity index is 880. The summed E-state index contributed by atoms with van der Waals surface area (Å²) in [6, 6.07) is 11.2. The van der Waals surface area contributed by atoms with Crippen LogP contribution >= 0.6 is 11.3 Å². The number of thiophene rings is 1. The number of nitrogens with zero attached hydrogens (tertiary/aromatic N) is 1. The summed E-state index contributed by atoms with van der Waals surface area (Å²) in [5.41, 5.74) is 2.28. The van der Waals surface area contributed by atoms with Crippen molar-refractivity contribution in [3.05, 3.63) is 52.4 Å². The number of hydrogen-bond acceptors (Lipinski definition) is 4. The number of carbonyl (C=O) groups excluding carboxylic acids is 1. The van der Waals surface area contributed by atoms with Crippen LogP contribution in [-0.2, 0) is 23.0 Å². The third kappa shape index (κ3) is 4.78. The highest BCUT2D eigenvalue weighted by molar-refractivity contribution is 7.91. The van der Waals surface area contributed by atoms with Gasteiger partial charge in [0.15, 0.2) is 0 Å². The third-order valence-electron chi connectivity index (χ3n) is 5.03. The standard InChI is InChI=1S/C20H26N2O3S2/c1-3-16-4-6-17(7-5-16)14-21-20(23)18-8-9-19(26-18)27(24,25)22-12-10-15(2)11-13-22/h4-9,15H,3,10-14H2,1-2H3,(H,21,23). The van der Waals surface area contributed by atoms with Crippen LogP contribution in [0, 0.1) is 5.92 Å². The average molecular weight is 407 g/mol. The molecule has 1 aliphatic heterocycles. The molecule has 1 aromatic heterocycles. The maximum atomic E-state index is 12.8. The zero-order valence-electron chi connectivity index (χ0n) is 15.8. The number of sulfonamides is 1. The molecule has 1 amide bonds. The first-order chi connectivity index (χ1) is 12.9. The van der Waals surface area contributed by atoms with Crippen LogP contribution in [0.2, 0.25) is 0 Å². The molecule has 0 bridgehead atoms. The number of hydrogen-bond donors (Lipinski definition) is 1. The Balaban J connectivity index is 1.63. The second-order valence-electron chi connectivity index (χ2n) is 7.06. The second-order valence-corrected chi connectivity index (χ2v) is 10.3. The normalized spacial score (nSPS) is 16.4. The average Bonchev–Trinajstić information content (AvgIpc) is 3.18. The number of benzene rings is 1. The molecule has 7 heteroatoms. The van der Waals surface area contributed by atoms with Crippen molar-refractivity contribution in [3.63, 3.8) is 0 Å². The molecule has 0 atom stereocenters. The van der Waals surface area contributed by atoms with E-state index in [0.717, 1.165) is 36.2 Å². The lowest BCUT2D eigenvalue weighted by molar-refractivity contribution is 0.0955. The molecular formula is C20H26N2O3S2. The highest BCUT2D eigenvalue weighted by Gasteiger charge is 2.29. The first-order valence-corrected chi connectivity index (χ1v) is 11.6. The fourth-order valence-electron chi connectivity index (χ4n) is 3.10. The minimum atomic E-state index is -3.50. The van der Waals surface area contributed by atoms with E-state index in [0.29, 0.717) is 30.4 Å². The van der Waals surface area contributed by atoms with Gasteiger partial charge in [0.2, 0.25) is 0 Å². The SMILES string of the molecule is CCc1ccc(CNC(=O)c2ccc(S(=O)(=O)N3CCC(C)CC3)s2)cc1. The minimum Gasteiger partial charge on any atom is -0.347 e. The molecule has 0 aliphatic carbocycles. The number of amides is 1. The number of rotatable bonds is 6. The van der Waals surface area contributed by atoms with Gasteiger partial charge in [-0.2, -0.15) is 4.31 Å². The Hall–Kier alpha value is -1.70. The van der Waals surface area contributed by atoms with Crippen molar-refractivity contribution in [2.75, 3.05) is 13.1 Å². The number of piperidine rings is 1. The molecule has 146 valence electrons. The van der Waals surface area contributed by atoms with E-state index in [1.54, 1.807) is 12.1 Å². The summed E-state index contributed by atoms with van der Waals surface area (Å²) in [4.78, 5) is 12.8. The van der Waals surface area contributed by atoms with Crippen LogP contribution in [0.3, 0.4) is 0 Å². The third-order valence-corrected chi connectivity index (χ3v) is 8.48. The van der Waals surface area contributed by atoms with E-state index in [-0.39, 0.29) is 10.1 Å². The van der Waals surface area contributed by atoms with Crippen molar-refractivity contribution in [2.45, 2.75) is 43.9 Å². The van der Waals surface area contributed by atoms with Crippen LogP contribution in [0.25, 0.3) is 0 Å². The van der Waals surface area contributed by atoms with Crippen molar-refractivity contribution >= 4 is 27.3 Å². The molecule has 2 heterocycles. The summed E-state index contributed by atoms with van der Waals surface area (Å²) in [6.45, 7) is 5.78. The van der Waals surface area contributed by atoms with E-state index in [9.17, 15) is 13.2 Å². The van der Waals surface area contributed by atoms with Crippen LogP contribution in [0.5, 0.6) is 0 Å². The van der Waals surface area contributed by atoms with Gasteiger partial charge < -0.3 is 5.32 Å². The van der Waals surface area contributed by atoms with Crippen LogP contribution in [-0.4, -0.2) is 31.7 Å². The maximum Gasteiger partial charge on any atom is 0.261 e. The first-order valence-electron chi connectivity index (χ1n) is 9.36. The van der Waals surface area contributed by atoms with Crippen molar-refractivity contribution < 1.29 is 13.2 Å². The Kier molecular flexibility index (Phi) is 6.34. The van der Waals surface area contributed by atoms with Crippen LogP contribution in [0.4, 0.5) is 0 Å². The van der Waals surface area contributed by atoms with E-state index in [2.05, 4.69) is 31.3 Å². The second kappa shape index (κ2) is 8.54. The highest BCUT2D eigenvalue weighted by Crippen LogP contribution is 2.28. The molecule has 1 saturated heterocycles. The van der Waals surface area contributed by atoms with E-state index < -0.39 is 10.0 Å². The molecule has 3 rings (SSSR count). The van der Waals surface area contributed by atoms with Crippen LogP contribution in [0.15, 0.2) is 40.6 Å². The lowest BCUT2D eigenvalue weighted by Crippen LogP contribution is -2.37. The molecule has 1 aliphatic rings. The van der Waals surface area contributed by atoms with Gasteiger partial charge >= 0.3 is 0 Å². The monoisotopic (exact) mass is 406 g/mol. The predicted molar refractivity (Wildman–Crippen MR) is 108 cm³/mol. The van der Waals surface area contributed by atoms with Gasteiger partial charge in [-0.3, -0.25) is 4.79 Å². The predicted octanol–water partition coefficient (Wildman–Crippen LogP) is 3.66. The van der Waals surface area contributed by atoms with Crippen LogP contribution in [0.1, 0.15) is 47.5 Å². The zero-order valence-corrected chi connectivity index (χ0v) is 17.4. The van der Waals surface area contributed by atoms with Crippen molar-refractivity contribution in [1.82, 2.24) is 9.62 Å². The van der Waals surface area contributed by atoms with Gasteiger partial charge in [-0.15, -0.1) is 11.3 Å². The Labute approximate surface area is 165 Å². The van der Waals surface area contributed by atoms with E-state index in [1.807, 2.05) is 12.1 Å².